The molecule has 0 bridgehead atoms. The van der Waals surface area contributed by atoms with Crippen LogP contribution >= 0.6 is 0 Å². The summed E-state index contributed by atoms with van der Waals surface area (Å²) in [6.07, 6.45) is 0. The second-order valence-corrected chi connectivity index (χ2v) is 6.26. The number of hydrogen-bond acceptors (Lipinski definition) is 3. The minimum absolute atomic E-state index is 0.0738. The molecule has 0 saturated heterocycles. The summed E-state index contributed by atoms with van der Waals surface area (Å²) in [6, 6.07) is 18.3. The van der Waals surface area contributed by atoms with Crippen molar-refractivity contribution in [2.24, 2.45) is 0 Å². The van der Waals surface area contributed by atoms with Gasteiger partial charge in [-0.1, -0.05) is 73.7 Å². The highest BCUT2D eigenvalue weighted by molar-refractivity contribution is 5.97. The number of aromatic nitrogens is 3. The molecule has 0 N–H and O–H groups in total. The Morgan fingerprint density at radius 3 is 2.29 bits per heavy atom. The number of benzene rings is 2. The Kier molecular flexibility index (Phi) is 4.56. The molecule has 0 aliphatic carbocycles. The average molecular weight is 319 g/mol. The molecule has 2 aromatic carbocycles. The Morgan fingerprint density at radius 1 is 1.04 bits per heavy atom. The maximum absolute atomic E-state index is 11.9. The molecular weight excluding hydrogens is 298 g/mol. The van der Waals surface area contributed by atoms with Crippen molar-refractivity contribution in [1.29, 1.82) is 0 Å². The molecule has 24 heavy (non-hydrogen) atoms. The number of nitrogens with zero attached hydrogens (tertiary/aromatic N) is 3. The van der Waals surface area contributed by atoms with E-state index in [0.717, 1.165) is 16.8 Å². The van der Waals surface area contributed by atoms with E-state index in [1.165, 1.54) is 12.5 Å². The fraction of sp³-hybridized carbons (Fsp3) is 0.250. The molecule has 0 aliphatic heterocycles. The van der Waals surface area contributed by atoms with Crippen LogP contribution in [0.15, 0.2) is 54.6 Å². The maximum Gasteiger partial charge on any atom is 0.182 e. The van der Waals surface area contributed by atoms with Crippen LogP contribution in [-0.4, -0.2) is 20.8 Å². The van der Waals surface area contributed by atoms with Gasteiger partial charge in [-0.2, -0.15) is 0 Å². The molecule has 0 spiro atoms. The Morgan fingerprint density at radius 2 is 1.71 bits per heavy atom. The third-order valence-electron chi connectivity index (χ3n) is 4.09. The number of ketones is 1. The fourth-order valence-corrected chi connectivity index (χ4v) is 2.72. The van der Waals surface area contributed by atoms with Crippen LogP contribution < -0.4 is 0 Å². The molecule has 0 atom stereocenters. The van der Waals surface area contributed by atoms with Crippen LogP contribution in [0.4, 0.5) is 0 Å². The summed E-state index contributed by atoms with van der Waals surface area (Å²) in [5.74, 6) is 0.435. The van der Waals surface area contributed by atoms with Crippen LogP contribution in [0, 0.1) is 0 Å². The van der Waals surface area contributed by atoms with Crippen LogP contribution in [0.1, 0.15) is 48.3 Å². The van der Waals surface area contributed by atoms with Crippen molar-refractivity contribution < 1.29 is 4.79 Å². The molecule has 1 aromatic heterocycles. The molecule has 1 heterocycles. The van der Waals surface area contributed by atoms with Crippen molar-refractivity contribution in [3.8, 4) is 11.3 Å². The molecule has 3 rings (SSSR count). The summed E-state index contributed by atoms with van der Waals surface area (Å²) < 4.78 is 1.80. The molecule has 0 saturated carbocycles. The van der Waals surface area contributed by atoms with E-state index in [1.807, 2.05) is 30.3 Å². The number of rotatable bonds is 5. The Labute approximate surface area is 142 Å². The zero-order valence-electron chi connectivity index (χ0n) is 14.2. The molecule has 122 valence electrons. The van der Waals surface area contributed by atoms with E-state index in [4.69, 9.17) is 0 Å². The summed E-state index contributed by atoms with van der Waals surface area (Å²) in [7, 11) is 0. The smallest absolute Gasteiger partial charge is 0.182 e. The zero-order chi connectivity index (χ0) is 17.1. The van der Waals surface area contributed by atoms with Gasteiger partial charge in [0.05, 0.1) is 12.2 Å². The molecule has 0 aliphatic rings. The second kappa shape index (κ2) is 6.79. The standard InChI is InChI=1S/C20H21N3O/c1-14(2)17-11-9-16(10-12-17)13-23-20(18-7-5-4-6-8-18)19(15(3)24)21-22-23/h4-12,14H,13H2,1-3H3. The normalized spacial score (nSPS) is 11.0. The lowest BCUT2D eigenvalue weighted by atomic mass is 10.0. The third kappa shape index (κ3) is 3.27. The van der Waals surface area contributed by atoms with E-state index >= 15 is 0 Å². The minimum Gasteiger partial charge on any atom is -0.293 e. The van der Waals surface area contributed by atoms with Crippen molar-refractivity contribution in [2.45, 2.75) is 33.2 Å². The Bertz CT molecular complexity index is 833. The minimum atomic E-state index is -0.0738. The molecule has 0 unspecified atom stereocenters. The van der Waals surface area contributed by atoms with Gasteiger partial charge in [-0.05, 0) is 17.0 Å². The first-order valence-electron chi connectivity index (χ1n) is 8.15. The van der Waals surface area contributed by atoms with Gasteiger partial charge in [0, 0.05) is 12.5 Å². The van der Waals surface area contributed by atoms with Gasteiger partial charge in [-0.3, -0.25) is 4.79 Å². The van der Waals surface area contributed by atoms with Gasteiger partial charge < -0.3 is 0 Å². The molecule has 4 nitrogen and oxygen atoms in total. The largest absolute Gasteiger partial charge is 0.293 e. The van der Waals surface area contributed by atoms with E-state index in [2.05, 4.69) is 48.4 Å². The Hall–Kier alpha value is -2.75. The van der Waals surface area contributed by atoms with Crippen molar-refractivity contribution in [1.82, 2.24) is 15.0 Å². The van der Waals surface area contributed by atoms with Crippen LogP contribution in [0.25, 0.3) is 11.3 Å². The summed E-state index contributed by atoms with van der Waals surface area (Å²) in [4.78, 5) is 11.9. The van der Waals surface area contributed by atoms with Crippen molar-refractivity contribution in [3.63, 3.8) is 0 Å². The summed E-state index contributed by atoms with van der Waals surface area (Å²) >= 11 is 0. The highest BCUT2D eigenvalue weighted by Gasteiger charge is 2.18. The van der Waals surface area contributed by atoms with Gasteiger partial charge in [-0.25, -0.2) is 4.68 Å². The van der Waals surface area contributed by atoms with Gasteiger partial charge in [0.15, 0.2) is 11.5 Å². The van der Waals surface area contributed by atoms with Gasteiger partial charge >= 0.3 is 0 Å². The van der Waals surface area contributed by atoms with Crippen LogP contribution in [0.2, 0.25) is 0 Å². The Balaban J connectivity index is 1.98. The quantitative estimate of drug-likeness (QED) is 0.658. The molecule has 0 radical (unpaired) electrons. The topological polar surface area (TPSA) is 47.8 Å². The highest BCUT2D eigenvalue weighted by Crippen LogP contribution is 2.23. The predicted molar refractivity (Wildman–Crippen MR) is 95.1 cm³/mol. The van der Waals surface area contributed by atoms with Crippen LogP contribution in [-0.2, 0) is 6.54 Å². The average Bonchev–Trinajstić information content (AvgIpc) is 3.00. The lowest BCUT2D eigenvalue weighted by Gasteiger charge is -2.10. The van der Waals surface area contributed by atoms with Crippen LogP contribution in [0.3, 0.4) is 0 Å². The van der Waals surface area contributed by atoms with Crippen molar-refractivity contribution in [3.05, 3.63) is 71.4 Å². The first-order valence-corrected chi connectivity index (χ1v) is 8.15. The van der Waals surface area contributed by atoms with E-state index in [-0.39, 0.29) is 5.78 Å². The predicted octanol–water partition coefficient (Wildman–Crippen LogP) is 4.32. The van der Waals surface area contributed by atoms with E-state index in [9.17, 15) is 4.79 Å². The SMILES string of the molecule is CC(=O)c1nnn(Cc2ccc(C(C)C)cc2)c1-c1ccccc1. The summed E-state index contributed by atoms with van der Waals surface area (Å²) in [5.41, 5.74) is 4.59. The van der Waals surface area contributed by atoms with Gasteiger partial charge in [0.2, 0.25) is 0 Å². The lowest BCUT2D eigenvalue weighted by molar-refractivity contribution is 0.101. The molecule has 0 fully saturated rings. The lowest BCUT2D eigenvalue weighted by Crippen LogP contribution is -2.05. The number of hydrogen-bond donors (Lipinski definition) is 0. The number of carbonyl (C=O) groups is 1. The molecule has 3 aromatic rings. The zero-order valence-corrected chi connectivity index (χ0v) is 14.2. The monoisotopic (exact) mass is 319 g/mol. The first-order chi connectivity index (χ1) is 11.6. The van der Waals surface area contributed by atoms with E-state index < -0.39 is 0 Å². The number of Topliss-reactive ketones (excluding diaryl/α,β-unsaturated/α-hetero) is 1. The van der Waals surface area contributed by atoms with Crippen molar-refractivity contribution in [2.75, 3.05) is 0 Å². The maximum atomic E-state index is 11.9. The third-order valence-corrected chi connectivity index (χ3v) is 4.09. The number of carbonyl (C=O) groups excluding carboxylic acids is 1. The molecule has 0 amide bonds. The van der Waals surface area contributed by atoms with Crippen LogP contribution in [0.5, 0.6) is 0 Å². The van der Waals surface area contributed by atoms with Crippen molar-refractivity contribution >= 4 is 5.78 Å². The first kappa shape index (κ1) is 16.1. The fourth-order valence-electron chi connectivity index (χ4n) is 2.72. The summed E-state index contributed by atoms with van der Waals surface area (Å²) in [6.45, 7) is 6.47. The summed E-state index contributed by atoms with van der Waals surface area (Å²) in [5, 5.41) is 8.31. The highest BCUT2D eigenvalue weighted by atomic mass is 16.1. The molecular formula is C20H21N3O. The second-order valence-electron chi connectivity index (χ2n) is 6.26. The van der Waals surface area contributed by atoms with Gasteiger partial charge in [-0.15, -0.1) is 5.10 Å². The van der Waals surface area contributed by atoms with Gasteiger partial charge in [0.1, 0.15) is 0 Å². The van der Waals surface area contributed by atoms with Gasteiger partial charge in [0.25, 0.3) is 0 Å². The molecule has 4 heteroatoms. The van der Waals surface area contributed by atoms with E-state index in [0.29, 0.717) is 18.2 Å². The van der Waals surface area contributed by atoms with E-state index in [1.54, 1.807) is 4.68 Å².